The molecule has 6 nitrogen and oxygen atoms in total. The highest BCUT2D eigenvalue weighted by molar-refractivity contribution is 7.98. The Morgan fingerprint density at radius 1 is 1.35 bits per heavy atom. The third-order valence-corrected chi connectivity index (χ3v) is 4.58. The molecule has 0 bridgehead atoms. The number of aromatic nitrogens is 2. The summed E-state index contributed by atoms with van der Waals surface area (Å²) >= 11 is 14.3. The molecule has 0 saturated carbocycles. The Morgan fingerprint density at radius 2 is 2.13 bits per heavy atom. The van der Waals surface area contributed by atoms with E-state index in [1.165, 1.54) is 23.9 Å². The lowest BCUT2D eigenvalue weighted by atomic mass is 10.2. The molecule has 3 aromatic rings. The number of amides is 1. The highest BCUT2D eigenvalue weighted by Gasteiger charge is 2.16. The Bertz CT molecular complexity index is 971. The summed E-state index contributed by atoms with van der Waals surface area (Å²) in [6.45, 7) is 0. The van der Waals surface area contributed by atoms with Crippen molar-refractivity contribution in [2.75, 3.05) is 11.6 Å². The number of rotatable bonds is 3. The standard InChI is InChI=1S/C13H7Cl2N3O3S2/c1-22-13-17-12(23-18-13)16-11(20)9-4-8(19)6-2-5(14)3-7(15)10(6)21-9/h2-4H,1H3,(H,16,17,18,20). The Hall–Kier alpha value is -1.61. The molecule has 0 radical (unpaired) electrons. The number of hydrogen-bond acceptors (Lipinski definition) is 7. The van der Waals surface area contributed by atoms with E-state index in [1.54, 1.807) is 0 Å². The molecule has 0 spiro atoms. The number of anilines is 1. The Kier molecular flexibility index (Phi) is 4.58. The fourth-order valence-electron chi connectivity index (χ4n) is 1.80. The minimum Gasteiger partial charge on any atom is -0.449 e. The van der Waals surface area contributed by atoms with E-state index in [9.17, 15) is 9.59 Å². The number of nitrogens with zero attached hydrogens (tertiary/aromatic N) is 2. The van der Waals surface area contributed by atoms with Gasteiger partial charge in [-0.15, -0.1) is 0 Å². The molecule has 0 saturated heterocycles. The molecule has 0 aliphatic carbocycles. The fraction of sp³-hybridized carbons (Fsp3) is 0.0769. The predicted octanol–water partition coefficient (Wildman–Crippen LogP) is 3.93. The number of hydrogen-bond donors (Lipinski definition) is 1. The summed E-state index contributed by atoms with van der Waals surface area (Å²) < 4.78 is 9.47. The lowest BCUT2D eigenvalue weighted by Gasteiger charge is -2.04. The van der Waals surface area contributed by atoms with Crippen LogP contribution in [0.5, 0.6) is 0 Å². The number of benzene rings is 1. The first-order valence-electron chi connectivity index (χ1n) is 6.10. The SMILES string of the molecule is CSc1nsc(NC(=O)c2cc(=O)c3cc(Cl)cc(Cl)c3o2)n1. The van der Waals surface area contributed by atoms with Crippen LogP contribution in [-0.2, 0) is 0 Å². The van der Waals surface area contributed by atoms with Crippen molar-refractivity contribution < 1.29 is 9.21 Å². The van der Waals surface area contributed by atoms with Gasteiger partial charge in [-0.1, -0.05) is 35.0 Å². The number of nitrogens with one attached hydrogen (secondary N) is 1. The molecule has 0 fully saturated rings. The summed E-state index contributed by atoms with van der Waals surface area (Å²) in [6.07, 6.45) is 1.82. The molecule has 1 amide bonds. The van der Waals surface area contributed by atoms with E-state index in [0.29, 0.717) is 15.3 Å². The van der Waals surface area contributed by atoms with Crippen LogP contribution in [0, 0.1) is 0 Å². The van der Waals surface area contributed by atoms with Crippen LogP contribution < -0.4 is 10.7 Å². The predicted molar refractivity (Wildman–Crippen MR) is 92.1 cm³/mol. The first-order valence-corrected chi connectivity index (χ1v) is 8.85. The zero-order valence-electron chi connectivity index (χ0n) is 11.4. The Labute approximate surface area is 148 Å². The maximum absolute atomic E-state index is 12.2. The van der Waals surface area contributed by atoms with Crippen molar-refractivity contribution in [2.24, 2.45) is 0 Å². The zero-order chi connectivity index (χ0) is 16.6. The van der Waals surface area contributed by atoms with Gasteiger partial charge in [0.25, 0.3) is 5.91 Å². The van der Waals surface area contributed by atoms with E-state index >= 15 is 0 Å². The van der Waals surface area contributed by atoms with Gasteiger partial charge >= 0.3 is 0 Å². The van der Waals surface area contributed by atoms with Crippen LogP contribution in [0.15, 0.2) is 32.6 Å². The molecule has 1 N–H and O–H groups in total. The molecule has 0 aliphatic rings. The van der Waals surface area contributed by atoms with Gasteiger partial charge in [-0.25, -0.2) is 0 Å². The quantitative estimate of drug-likeness (QED) is 0.685. The topological polar surface area (TPSA) is 85.1 Å². The van der Waals surface area contributed by atoms with E-state index in [4.69, 9.17) is 27.6 Å². The molecular weight excluding hydrogens is 381 g/mol. The molecule has 2 heterocycles. The molecule has 1 aromatic carbocycles. The van der Waals surface area contributed by atoms with Crippen molar-refractivity contribution in [3.63, 3.8) is 0 Å². The highest BCUT2D eigenvalue weighted by Crippen LogP contribution is 2.27. The number of halogens is 2. The third-order valence-electron chi connectivity index (χ3n) is 2.78. The zero-order valence-corrected chi connectivity index (χ0v) is 14.6. The lowest BCUT2D eigenvalue weighted by Crippen LogP contribution is -2.15. The van der Waals surface area contributed by atoms with E-state index in [0.717, 1.165) is 17.6 Å². The summed E-state index contributed by atoms with van der Waals surface area (Å²) in [5.41, 5.74) is -0.307. The van der Waals surface area contributed by atoms with Gasteiger partial charge in [0.15, 0.2) is 16.8 Å². The molecule has 0 aliphatic heterocycles. The van der Waals surface area contributed by atoms with Crippen molar-refractivity contribution in [1.29, 1.82) is 0 Å². The number of fused-ring (bicyclic) bond motifs is 1. The van der Waals surface area contributed by atoms with Crippen molar-refractivity contribution in [2.45, 2.75) is 5.16 Å². The molecule has 0 unspecified atom stereocenters. The summed E-state index contributed by atoms with van der Waals surface area (Å²) in [7, 11) is 0. The first kappa shape index (κ1) is 16.3. The molecule has 0 atom stereocenters. The normalized spacial score (nSPS) is 10.9. The number of carbonyl (C=O) groups excluding carboxylic acids is 1. The van der Waals surface area contributed by atoms with E-state index in [-0.39, 0.29) is 21.8 Å². The average molecular weight is 388 g/mol. The van der Waals surface area contributed by atoms with Gasteiger partial charge in [0, 0.05) is 22.6 Å². The maximum Gasteiger partial charge on any atom is 0.293 e. The Morgan fingerprint density at radius 3 is 2.83 bits per heavy atom. The van der Waals surface area contributed by atoms with Crippen LogP contribution in [0.3, 0.4) is 0 Å². The van der Waals surface area contributed by atoms with E-state index in [1.807, 2.05) is 6.26 Å². The first-order chi connectivity index (χ1) is 11.0. The number of thioether (sulfide) groups is 1. The minimum atomic E-state index is -0.612. The second-order valence-electron chi connectivity index (χ2n) is 4.28. The largest absolute Gasteiger partial charge is 0.449 e. The lowest BCUT2D eigenvalue weighted by molar-refractivity contribution is 0.0997. The van der Waals surface area contributed by atoms with Crippen LogP contribution in [-0.4, -0.2) is 21.5 Å². The number of carbonyl (C=O) groups is 1. The van der Waals surface area contributed by atoms with Gasteiger partial charge in [-0.2, -0.15) is 9.36 Å². The average Bonchev–Trinajstić information content (AvgIpc) is 2.95. The monoisotopic (exact) mass is 387 g/mol. The van der Waals surface area contributed by atoms with Gasteiger partial charge in [-0.05, 0) is 18.4 Å². The second-order valence-corrected chi connectivity index (χ2v) is 6.65. The molecule has 118 valence electrons. The van der Waals surface area contributed by atoms with Crippen LogP contribution in [0.4, 0.5) is 5.13 Å². The van der Waals surface area contributed by atoms with Crippen molar-refractivity contribution >= 4 is 68.5 Å². The van der Waals surface area contributed by atoms with Crippen molar-refractivity contribution in [3.8, 4) is 0 Å². The van der Waals surface area contributed by atoms with Crippen molar-refractivity contribution in [1.82, 2.24) is 9.36 Å². The van der Waals surface area contributed by atoms with Crippen molar-refractivity contribution in [3.05, 3.63) is 44.2 Å². The van der Waals surface area contributed by atoms with Crippen LogP contribution in [0.1, 0.15) is 10.6 Å². The minimum absolute atomic E-state index is 0.107. The van der Waals surface area contributed by atoms with Gasteiger partial charge < -0.3 is 4.42 Å². The molecule has 3 rings (SSSR count). The van der Waals surface area contributed by atoms with Gasteiger partial charge in [-0.3, -0.25) is 14.9 Å². The fourth-order valence-corrected chi connectivity index (χ4v) is 3.45. The van der Waals surface area contributed by atoms with E-state index in [2.05, 4.69) is 14.7 Å². The van der Waals surface area contributed by atoms with E-state index < -0.39 is 11.3 Å². The van der Waals surface area contributed by atoms with Gasteiger partial charge in [0.2, 0.25) is 10.3 Å². The van der Waals surface area contributed by atoms with Crippen LogP contribution in [0.25, 0.3) is 11.0 Å². The Balaban J connectivity index is 1.99. The maximum atomic E-state index is 12.2. The summed E-state index contributed by atoms with van der Waals surface area (Å²) in [4.78, 5) is 28.4. The summed E-state index contributed by atoms with van der Waals surface area (Å²) in [5.74, 6) is -0.786. The summed E-state index contributed by atoms with van der Waals surface area (Å²) in [6, 6.07) is 3.96. The second kappa shape index (κ2) is 6.48. The molecular formula is C13H7Cl2N3O3S2. The van der Waals surface area contributed by atoms with Crippen LogP contribution >= 0.6 is 46.5 Å². The molecule has 23 heavy (non-hydrogen) atoms. The molecule has 10 heteroatoms. The smallest absolute Gasteiger partial charge is 0.293 e. The summed E-state index contributed by atoms with van der Waals surface area (Å²) in [5, 5.41) is 4.05. The van der Waals surface area contributed by atoms with Gasteiger partial charge in [0.05, 0.1) is 10.4 Å². The highest BCUT2D eigenvalue weighted by atomic mass is 35.5. The third kappa shape index (κ3) is 3.35. The molecule has 2 aromatic heterocycles. The van der Waals surface area contributed by atoms with Crippen LogP contribution in [0.2, 0.25) is 10.0 Å². The van der Waals surface area contributed by atoms with Gasteiger partial charge in [0.1, 0.15) is 0 Å².